The van der Waals surface area contributed by atoms with Crippen LogP contribution < -0.4 is 0 Å². The minimum atomic E-state index is -1.33. The maximum atomic E-state index is 14.5. The zero-order valence-corrected chi connectivity index (χ0v) is 23.4. The van der Waals surface area contributed by atoms with Crippen LogP contribution in [0.15, 0.2) is 24.3 Å². The number of likely N-dealkylation sites (tertiary alicyclic amines) is 1. The molecule has 0 radical (unpaired) electrons. The molecule has 5 aliphatic heterocycles. The lowest BCUT2D eigenvalue weighted by Crippen LogP contribution is -2.59. The third-order valence-electron chi connectivity index (χ3n) is 9.06. The number of hydrogen-bond donors (Lipinski definition) is 1. The molecule has 5 aliphatic rings. The number of ether oxygens (including phenoxy) is 3. The molecule has 5 heterocycles. The highest BCUT2D eigenvalue weighted by atomic mass is 16.6. The Labute approximate surface area is 230 Å². The summed E-state index contributed by atoms with van der Waals surface area (Å²) in [6.45, 7) is 10.5. The Morgan fingerprint density at radius 1 is 1.03 bits per heavy atom. The number of carbonyl (C=O) groups excluding carboxylic acids is 3. The van der Waals surface area contributed by atoms with Gasteiger partial charge in [-0.15, -0.1) is 0 Å². The summed E-state index contributed by atoms with van der Waals surface area (Å²) >= 11 is 0. The fourth-order valence-corrected chi connectivity index (χ4v) is 7.22. The van der Waals surface area contributed by atoms with Crippen LogP contribution in [0.1, 0.15) is 40.0 Å². The Kier molecular flexibility index (Phi) is 8.20. The molecule has 0 aliphatic carbocycles. The quantitative estimate of drug-likeness (QED) is 0.355. The fraction of sp³-hybridized carbons (Fsp3) is 0.759. The number of cyclic esters (lactones) is 1. The SMILES string of the molecule is CC[C@]12C=CCCOC(=O)[C@H]1[C@H]1C(=O)N([C@@H](CO)CC(C)C)C3C(=O)N(CCN4CCOCC4)CC=C[C@@]31O2. The standard InChI is InChI=1S/C29H43N3O7/c1-4-28-8-5-6-15-38-27(36)23(28)22-25(34)32(21(19-33)18-20(2)3)24-26(35)31(10-7-9-29(22,24)39-28)12-11-30-13-16-37-17-14-30/h5,7-9,20-24,33H,4,6,10-19H2,1-3H3/t21-,22+,23-,24?,28+,29+/m1/s1. The molecule has 1 spiro atoms. The summed E-state index contributed by atoms with van der Waals surface area (Å²) in [6.07, 6.45) is 9.19. The molecule has 0 aromatic rings. The van der Waals surface area contributed by atoms with Crippen molar-refractivity contribution in [3.8, 4) is 0 Å². The van der Waals surface area contributed by atoms with E-state index in [1.807, 2.05) is 45.1 Å². The molecule has 0 aromatic carbocycles. The van der Waals surface area contributed by atoms with Gasteiger partial charge in [0.1, 0.15) is 23.2 Å². The normalized spacial score (nSPS) is 35.8. The van der Waals surface area contributed by atoms with Crippen LogP contribution >= 0.6 is 0 Å². The molecule has 3 saturated heterocycles. The molecular weight excluding hydrogens is 502 g/mol. The van der Waals surface area contributed by atoms with Crippen molar-refractivity contribution in [3.63, 3.8) is 0 Å². The lowest BCUT2D eigenvalue weighted by molar-refractivity contribution is -0.164. The summed E-state index contributed by atoms with van der Waals surface area (Å²) < 4.78 is 18.0. The number of amides is 2. The number of rotatable bonds is 8. The average molecular weight is 546 g/mol. The zero-order chi connectivity index (χ0) is 27.8. The fourth-order valence-electron chi connectivity index (χ4n) is 7.22. The van der Waals surface area contributed by atoms with Gasteiger partial charge in [-0.05, 0) is 25.2 Å². The number of aliphatic hydroxyl groups is 1. The molecule has 216 valence electrons. The number of fused-ring (bicyclic) bond motifs is 2. The third kappa shape index (κ3) is 4.83. The predicted molar refractivity (Wildman–Crippen MR) is 142 cm³/mol. The van der Waals surface area contributed by atoms with Crippen LogP contribution in [-0.4, -0.2) is 120 Å². The number of carbonyl (C=O) groups is 3. The van der Waals surface area contributed by atoms with Crippen LogP contribution in [0.2, 0.25) is 0 Å². The van der Waals surface area contributed by atoms with E-state index >= 15 is 0 Å². The molecule has 10 nitrogen and oxygen atoms in total. The first kappa shape index (κ1) is 28.3. The summed E-state index contributed by atoms with van der Waals surface area (Å²) in [5.41, 5.74) is -2.39. The van der Waals surface area contributed by atoms with Crippen molar-refractivity contribution in [1.29, 1.82) is 0 Å². The Balaban J connectivity index is 1.56. The Morgan fingerprint density at radius 3 is 2.49 bits per heavy atom. The van der Waals surface area contributed by atoms with Crippen LogP contribution in [0, 0.1) is 17.8 Å². The Hall–Kier alpha value is -2.27. The monoisotopic (exact) mass is 545 g/mol. The second-order valence-electron chi connectivity index (χ2n) is 11.8. The lowest BCUT2D eigenvalue weighted by atomic mass is 9.73. The summed E-state index contributed by atoms with van der Waals surface area (Å²) in [5.74, 6) is -2.60. The minimum Gasteiger partial charge on any atom is -0.465 e. The van der Waals surface area contributed by atoms with Crippen molar-refractivity contribution >= 4 is 17.8 Å². The van der Waals surface area contributed by atoms with Crippen molar-refractivity contribution in [2.75, 3.05) is 59.2 Å². The van der Waals surface area contributed by atoms with Crippen LogP contribution in [-0.2, 0) is 28.6 Å². The highest BCUT2D eigenvalue weighted by molar-refractivity contribution is 5.99. The van der Waals surface area contributed by atoms with E-state index < -0.39 is 41.1 Å². The number of nitrogens with zero attached hydrogens (tertiary/aromatic N) is 3. The lowest BCUT2D eigenvalue weighted by Gasteiger charge is -2.41. The molecular formula is C29H43N3O7. The molecule has 6 atom stereocenters. The first-order valence-corrected chi connectivity index (χ1v) is 14.5. The molecule has 1 N–H and O–H groups in total. The summed E-state index contributed by atoms with van der Waals surface area (Å²) in [5, 5.41) is 10.5. The summed E-state index contributed by atoms with van der Waals surface area (Å²) in [4.78, 5) is 48.0. The van der Waals surface area contributed by atoms with Crippen LogP contribution in [0.4, 0.5) is 0 Å². The first-order chi connectivity index (χ1) is 18.8. The maximum Gasteiger partial charge on any atom is 0.313 e. The molecule has 2 amide bonds. The molecule has 5 rings (SSSR count). The van der Waals surface area contributed by atoms with Crippen LogP contribution in [0.3, 0.4) is 0 Å². The van der Waals surface area contributed by atoms with Crippen LogP contribution in [0.25, 0.3) is 0 Å². The van der Waals surface area contributed by atoms with Gasteiger partial charge in [0.15, 0.2) is 0 Å². The third-order valence-corrected chi connectivity index (χ3v) is 9.06. The summed E-state index contributed by atoms with van der Waals surface area (Å²) in [7, 11) is 0. The van der Waals surface area contributed by atoms with E-state index in [9.17, 15) is 19.5 Å². The number of aliphatic hydroxyl groups excluding tert-OH is 1. The van der Waals surface area contributed by atoms with Gasteiger partial charge in [0.05, 0.1) is 38.4 Å². The van der Waals surface area contributed by atoms with Crippen molar-refractivity contribution in [3.05, 3.63) is 24.3 Å². The van der Waals surface area contributed by atoms with Crippen molar-refractivity contribution < 1.29 is 33.7 Å². The summed E-state index contributed by atoms with van der Waals surface area (Å²) in [6, 6.07) is -1.55. The van der Waals surface area contributed by atoms with E-state index in [2.05, 4.69) is 4.90 Å². The molecule has 1 unspecified atom stereocenters. The van der Waals surface area contributed by atoms with Gasteiger partial charge in [0.2, 0.25) is 11.8 Å². The Bertz CT molecular complexity index is 1010. The van der Waals surface area contributed by atoms with E-state index in [4.69, 9.17) is 14.2 Å². The van der Waals surface area contributed by atoms with Crippen molar-refractivity contribution in [2.45, 2.75) is 63.3 Å². The largest absolute Gasteiger partial charge is 0.465 e. The predicted octanol–water partition coefficient (Wildman–Crippen LogP) is 0.988. The van der Waals surface area contributed by atoms with Gasteiger partial charge in [-0.25, -0.2) is 0 Å². The average Bonchev–Trinajstić information content (AvgIpc) is 3.28. The molecule has 10 heteroatoms. The molecule has 3 fully saturated rings. The van der Waals surface area contributed by atoms with Gasteiger partial charge in [-0.1, -0.05) is 45.1 Å². The molecule has 0 saturated carbocycles. The Morgan fingerprint density at radius 2 is 1.79 bits per heavy atom. The smallest absolute Gasteiger partial charge is 0.313 e. The van der Waals surface area contributed by atoms with Gasteiger partial charge >= 0.3 is 5.97 Å². The van der Waals surface area contributed by atoms with Crippen molar-refractivity contribution in [2.24, 2.45) is 17.8 Å². The molecule has 0 bridgehead atoms. The van der Waals surface area contributed by atoms with Crippen molar-refractivity contribution in [1.82, 2.24) is 14.7 Å². The van der Waals surface area contributed by atoms with E-state index in [-0.39, 0.29) is 30.9 Å². The van der Waals surface area contributed by atoms with Gasteiger partial charge in [0.25, 0.3) is 0 Å². The number of hydrogen-bond acceptors (Lipinski definition) is 8. The topological polar surface area (TPSA) is 109 Å². The highest BCUT2D eigenvalue weighted by Crippen LogP contribution is 2.58. The number of esters is 1. The first-order valence-electron chi connectivity index (χ1n) is 14.5. The second kappa shape index (κ2) is 11.3. The molecule has 0 aromatic heterocycles. The minimum absolute atomic E-state index is 0.185. The zero-order valence-electron chi connectivity index (χ0n) is 23.4. The van der Waals surface area contributed by atoms with E-state index in [1.165, 1.54) is 0 Å². The van der Waals surface area contributed by atoms with Gasteiger partial charge in [-0.3, -0.25) is 19.3 Å². The van der Waals surface area contributed by atoms with E-state index in [1.54, 1.807) is 9.80 Å². The van der Waals surface area contributed by atoms with Crippen LogP contribution in [0.5, 0.6) is 0 Å². The number of morpholine rings is 1. The van der Waals surface area contributed by atoms with Gasteiger partial charge in [0, 0.05) is 32.7 Å². The maximum absolute atomic E-state index is 14.5. The van der Waals surface area contributed by atoms with E-state index in [0.717, 1.165) is 13.1 Å². The highest BCUT2D eigenvalue weighted by Gasteiger charge is 2.75. The van der Waals surface area contributed by atoms with E-state index in [0.29, 0.717) is 52.1 Å². The van der Waals surface area contributed by atoms with Gasteiger partial charge < -0.3 is 29.1 Å². The second-order valence-corrected chi connectivity index (χ2v) is 11.8. The van der Waals surface area contributed by atoms with Gasteiger partial charge in [-0.2, -0.15) is 0 Å². The molecule has 39 heavy (non-hydrogen) atoms.